The van der Waals surface area contributed by atoms with Crippen LogP contribution in [0.2, 0.25) is 0 Å². The lowest BCUT2D eigenvalue weighted by atomic mass is 9.56. The molecule has 0 saturated heterocycles. The van der Waals surface area contributed by atoms with E-state index in [-0.39, 0.29) is 0 Å². The van der Waals surface area contributed by atoms with Crippen molar-refractivity contribution in [1.29, 1.82) is 0 Å². The topological polar surface area (TPSA) is 0 Å². The smallest absolute Gasteiger partial charge is 0.0109 e. The van der Waals surface area contributed by atoms with Gasteiger partial charge in [0.25, 0.3) is 0 Å². The summed E-state index contributed by atoms with van der Waals surface area (Å²) in [5.74, 6) is 6.82. The van der Waals surface area contributed by atoms with Crippen LogP contribution in [-0.2, 0) is 0 Å². The fourth-order valence-corrected chi connectivity index (χ4v) is 13.1. The molecule has 0 nitrogen and oxygen atoms in total. The van der Waals surface area contributed by atoms with Gasteiger partial charge in [0.15, 0.2) is 0 Å². The Hall–Kier alpha value is 0. The summed E-state index contributed by atoms with van der Waals surface area (Å²) in [6.07, 6.45) is 38.5. The Morgan fingerprint density at radius 2 is 0.727 bits per heavy atom. The zero-order chi connectivity index (χ0) is 21.9. The Bertz CT molecular complexity index is 681. The summed E-state index contributed by atoms with van der Waals surface area (Å²) in [5, 5.41) is 0. The Morgan fingerprint density at radius 3 is 1.15 bits per heavy atom. The minimum Gasteiger partial charge on any atom is -0.0533 e. The average molecular weight is 451 g/mol. The first kappa shape index (κ1) is 22.2. The molecular weight excluding hydrogens is 396 g/mol. The van der Waals surface area contributed by atoms with Gasteiger partial charge in [0.05, 0.1) is 0 Å². The molecule has 4 unspecified atom stereocenters. The molecule has 0 aliphatic heterocycles. The van der Waals surface area contributed by atoms with E-state index in [1.54, 1.807) is 154 Å². The Morgan fingerprint density at radius 1 is 0.333 bits per heavy atom. The summed E-state index contributed by atoms with van der Waals surface area (Å²) in [5.41, 5.74) is 2.40. The zero-order valence-electron chi connectivity index (χ0n) is 21.9. The molecule has 4 atom stereocenters. The average Bonchev–Trinajstić information content (AvgIpc) is 3.69. The lowest BCUT2D eigenvalue weighted by Crippen LogP contribution is -2.41. The van der Waals surface area contributed by atoms with Gasteiger partial charge in [0.1, 0.15) is 0 Å². The summed E-state index contributed by atoms with van der Waals surface area (Å²) in [4.78, 5) is 0. The van der Waals surface area contributed by atoms with Crippen LogP contribution in [0.25, 0.3) is 0 Å². The Kier molecular flexibility index (Phi) is 5.75. The third kappa shape index (κ3) is 2.88. The normalized spacial score (nSPS) is 46.4. The molecule has 7 aliphatic carbocycles. The molecule has 7 aliphatic rings. The van der Waals surface area contributed by atoms with Crippen LogP contribution >= 0.6 is 0 Å². The summed E-state index contributed by atoms with van der Waals surface area (Å²) in [6.45, 7) is 0. The zero-order valence-corrected chi connectivity index (χ0v) is 21.9. The molecule has 0 amide bonds. The molecule has 0 aromatic rings. The van der Waals surface area contributed by atoms with Crippen molar-refractivity contribution in [3.8, 4) is 0 Å². The highest BCUT2D eigenvalue weighted by Gasteiger charge is 2.93. The minimum absolute atomic E-state index is 0.790. The van der Waals surface area contributed by atoms with Crippen molar-refractivity contribution < 1.29 is 0 Å². The van der Waals surface area contributed by atoms with Crippen molar-refractivity contribution in [1.82, 2.24) is 0 Å². The molecule has 7 saturated carbocycles. The lowest BCUT2D eigenvalue weighted by molar-refractivity contribution is 0.00324. The molecular formula is C33H54. The Balaban J connectivity index is 1.44. The standard InChI is InChI=1S/C33H54/c1-2-5-14-26(13-4-1)32(27-15-6-3-7-16-27)31(24-11-10-21-30(31)25-22-23-25)33(32,29-19-12-20-29)28-17-8-9-18-28/h25-30H,1-24H2. The van der Waals surface area contributed by atoms with Crippen molar-refractivity contribution >= 4 is 0 Å². The third-order valence-corrected chi connectivity index (χ3v) is 13.8. The lowest BCUT2D eigenvalue weighted by Gasteiger charge is -2.48. The van der Waals surface area contributed by atoms with E-state index in [1.165, 1.54) is 0 Å². The van der Waals surface area contributed by atoms with Crippen molar-refractivity contribution in [3.05, 3.63) is 0 Å². The van der Waals surface area contributed by atoms with E-state index in [0.29, 0.717) is 0 Å². The van der Waals surface area contributed by atoms with Gasteiger partial charge < -0.3 is 0 Å². The Labute approximate surface area is 205 Å². The SMILES string of the molecule is C1CCCC(C2(C3CCCCC3)C3(CCCCC3C3CC3)C2(C2CCCC2)C2CCC2)CC1. The van der Waals surface area contributed by atoms with Gasteiger partial charge in [-0.2, -0.15) is 0 Å². The van der Waals surface area contributed by atoms with Crippen LogP contribution in [0.4, 0.5) is 0 Å². The van der Waals surface area contributed by atoms with Crippen LogP contribution in [0.3, 0.4) is 0 Å². The molecule has 0 heteroatoms. The first-order valence-electron chi connectivity index (χ1n) is 16.4. The summed E-state index contributed by atoms with van der Waals surface area (Å²) >= 11 is 0. The second-order valence-corrected chi connectivity index (χ2v) is 14.5. The van der Waals surface area contributed by atoms with Crippen molar-refractivity contribution in [2.75, 3.05) is 0 Å². The molecule has 186 valence electrons. The van der Waals surface area contributed by atoms with E-state index >= 15 is 0 Å². The fourth-order valence-electron chi connectivity index (χ4n) is 13.1. The largest absolute Gasteiger partial charge is 0.0533 e. The van der Waals surface area contributed by atoms with E-state index in [1.807, 2.05) is 0 Å². The summed E-state index contributed by atoms with van der Waals surface area (Å²) in [7, 11) is 0. The highest BCUT2D eigenvalue weighted by molar-refractivity contribution is 5.39. The van der Waals surface area contributed by atoms with Crippen molar-refractivity contribution in [2.45, 2.75) is 154 Å². The predicted octanol–water partition coefficient (Wildman–Crippen LogP) is 10.1. The highest BCUT2D eigenvalue weighted by Crippen LogP contribution is 2.97. The summed E-state index contributed by atoms with van der Waals surface area (Å²) < 4.78 is 0. The molecule has 1 spiro atoms. The van der Waals surface area contributed by atoms with E-state index in [9.17, 15) is 0 Å². The van der Waals surface area contributed by atoms with Gasteiger partial charge in [-0.3, -0.25) is 0 Å². The first-order valence-corrected chi connectivity index (χ1v) is 16.4. The second-order valence-electron chi connectivity index (χ2n) is 14.5. The highest BCUT2D eigenvalue weighted by atomic mass is 15.0. The number of hydrogen-bond donors (Lipinski definition) is 0. The van der Waals surface area contributed by atoms with Crippen LogP contribution in [0.5, 0.6) is 0 Å². The van der Waals surface area contributed by atoms with Crippen LogP contribution in [0.15, 0.2) is 0 Å². The van der Waals surface area contributed by atoms with Gasteiger partial charge in [-0.05, 0) is 129 Å². The third-order valence-electron chi connectivity index (χ3n) is 13.8. The fraction of sp³-hybridized carbons (Fsp3) is 1.00. The van der Waals surface area contributed by atoms with Crippen LogP contribution in [0, 0.1) is 51.8 Å². The van der Waals surface area contributed by atoms with E-state index < -0.39 is 0 Å². The monoisotopic (exact) mass is 450 g/mol. The molecule has 0 aromatic heterocycles. The van der Waals surface area contributed by atoms with Crippen molar-refractivity contribution in [3.63, 3.8) is 0 Å². The predicted molar refractivity (Wildman–Crippen MR) is 139 cm³/mol. The maximum absolute atomic E-state index is 1.69. The van der Waals surface area contributed by atoms with Gasteiger partial charge in [0, 0.05) is 0 Å². The van der Waals surface area contributed by atoms with E-state index in [4.69, 9.17) is 0 Å². The molecule has 7 fully saturated rings. The second kappa shape index (κ2) is 8.54. The minimum atomic E-state index is 0.790. The summed E-state index contributed by atoms with van der Waals surface area (Å²) in [6, 6.07) is 0. The molecule has 0 N–H and O–H groups in total. The maximum Gasteiger partial charge on any atom is -0.0109 e. The molecule has 7 rings (SSSR count). The van der Waals surface area contributed by atoms with E-state index in [0.717, 1.165) is 51.8 Å². The molecule has 0 bridgehead atoms. The van der Waals surface area contributed by atoms with Gasteiger partial charge in [-0.15, -0.1) is 0 Å². The number of rotatable bonds is 5. The molecule has 0 heterocycles. The molecule has 33 heavy (non-hydrogen) atoms. The maximum atomic E-state index is 1.69. The van der Waals surface area contributed by atoms with Crippen molar-refractivity contribution in [2.24, 2.45) is 51.8 Å². The van der Waals surface area contributed by atoms with Gasteiger partial charge in [-0.25, -0.2) is 0 Å². The number of hydrogen-bond acceptors (Lipinski definition) is 0. The van der Waals surface area contributed by atoms with Gasteiger partial charge in [0.2, 0.25) is 0 Å². The van der Waals surface area contributed by atoms with E-state index in [2.05, 4.69) is 0 Å². The van der Waals surface area contributed by atoms with Crippen LogP contribution in [-0.4, -0.2) is 0 Å². The molecule has 0 aromatic carbocycles. The molecule has 0 radical (unpaired) electrons. The van der Waals surface area contributed by atoms with Gasteiger partial charge in [-0.1, -0.05) is 77.0 Å². The van der Waals surface area contributed by atoms with Crippen LogP contribution < -0.4 is 0 Å². The quantitative estimate of drug-likeness (QED) is 0.365. The van der Waals surface area contributed by atoms with Crippen LogP contribution in [0.1, 0.15) is 154 Å². The first-order chi connectivity index (χ1) is 16.4. The van der Waals surface area contributed by atoms with Gasteiger partial charge >= 0.3 is 0 Å².